The number of urea groups is 1. The van der Waals surface area contributed by atoms with E-state index in [1.165, 1.54) is 13.3 Å². The average molecular weight is 381 g/mol. The molecule has 0 unspecified atom stereocenters. The van der Waals surface area contributed by atoms with E-state index in [9.17, 15) is 18.0 Å². The maximum Gasteiger partial charge on any atom is 0.433 e. The molecule has 0 aromatic carbocycles. The van der Waals surface area contributed by atoms with E-state index in [2.05, 4.69) is 25.9 Å². The molecule has 1 atom stereocenters. The Labute approximate surface area is 152 Å². The van der Waals surface area contributed by atoms with E-state index in [0.717, 1.165) is 10.7 Å². The van der Waals surface area contributed by atoms with E-state index in [1.54, 1.807) is 29.7 Å². The summed E-state index contributed by atoms with van der Waals surface area (Å²) in [5, 5.41) is 16.9. The van der Waals surface area contributed by atoms with Crippen molar-refractivity contribution < 1.29 is 18.0 Å². The SMILES string of the molecule is Cc1cc(C(F)(F)F)n(C[C@H](C)CNC(=O)Nc2cccn3cnnc23)n1. The standard InChI is InChI=1S/C16H18F3N7O/c1-10(8-26-13(16(17,18)19)6-11(2)24-26)7-20-15(27)22-12-4-3-5-25-9-21-23-14(12)25/h3-6,9-10H,7-8H2,1-2H3,(H2,20,22,27)/t10-/m1/s1. The zero-order valence-electron chi connectivity index (χ0n) is 14.7. The van der Waals surface area contributed by atoms with Crippen molar-refractivity contribution in [3.05, 3.63) is 42.1 Å². The van der Waals surface area contributed by atoms with Crippen molar-refractivity contribution in [3.8, 4) is 0 Å². The minimum Gasteiger partial charge on any atom is -0.338 e. The molecule has 0 aliphatic carbocycles. The van der Waals surface area contributed by atoms with E-state index in [1.807, 2.05) is 0 Å². The van der Waals surface area contributed by atoms with Crippen molar-refractivity contribution in [1.29, 1.82) is 0 Å². The van der Waals surface area contributed by atoms with Crippen LogP contribution >= 0.6 is 0 Å². The number of rotatable bonds is 5. The van der Waals surface area contributed by atoms with Gasteiger partial charge < -0.3 is 10.6 Å². The van der Waals surface area contributed by atoms with Gasteiger partial charge in [-0.1, -0.05) is 6.92 Å². The summed E-state index contributed by atoms with van der Waals surface area (Å²) in [7, 11) is 0. The largest absolute Gasteiger partial charge is 0.433 e. The van der Waals surface area contributed by atoms with Crippen molar-refractivity contribution in [2.45, 2.75) is 26.6 Å². The van der Waals surface area contributed by atoms with Gasteiger partial charge in [0, 0.05) is 19.3 Å². The predicted molar refractivity (Wildman–Crippen MR) is 91.1 cm³/mol. The highest BCUT2D eigenvalue weighted by Crippen LogP contribution is 2.30. The molecule has 11 heteroatoms. The Kier molecular flexibility index (Phi) is 5.02. The number of hydrogen-bond acceptors (Lipinski definition) is 4. The van der Waals surface area contributed by atoms with Crippen LogP contribution in [0.1, 0.15) is 18.3 Å². The molecular formula is C16H18F3N7O. The second-order valence-electron chi connectivity index (χ2n) is 6.27. The zero-order chi connectivity index (χ0) is 19.6. The highest BCUT2D eigenvalue weighted by molar-refractivity contribution is 5.92. The molecule has 2 amide bonds. The molecule has 0 saturated heterocycles. The monoisotopic (exact) mass is 381 g/mol. The second-order valence-corrected chi connectivity index (χ2v) is 6.27. The van der Waals surface area contributed by atoms with Crippen molar-refractivity contribution >= 4 is 17.4 Å². The van der Waals surface area contributed by atoms with Gasteiger partial charge in [0.25, 0.3) is 0 Å². The quantitative estimate of drug-likeness (QED) is 0.711. The minimum absolute atomic E-state index is 0.0305. The van der Waals surface area contributed by atoms with Gasteiger partial charge >= 0.3 is 12.2 Å². The van der Waals surface area contributed by atoms with E-state index < -0.39 is 17.9 Å². The molecular weight excluding hydrogens is 363 g/mol. The van der Waals surface area contributed by atoms with Crippen LogP contribution in [-0.4, -0.2) is 37.0 Å². The van der Waals surface area contributed by atoms with Crippen molar-refractivity contribution in [1.82, 2.24) is 29.7 Å². The van der Waals surface area contributed by atoms with Gasteiger partial charge in [0.15, 0.2) is 5.65 Å². The molecule has 0 aliphatic rings. The number of carbonyl (C=O) groups is 1. The van der Waals surface area contributed by atoms with Crippen LogP contribution in [0.25, 0.3) is 5.65 Å². The average Bonchev–Trinajstić information content (AvgIpc) is 3.19. The summed E-state index contributed by atoms with van der Waals surface area (Å²) in [5.41, 5.74) is 0.459. The number of fused-ring (bicyclic) bond motifs is 1. The summed E-state index contributed by atoms with van der Waals surface area (Å²) in [6.07, 6.45) is -1.22. The lowest BCUT2D eigenvalue weighted by Gasteiger charge is -2.16. The fourth-order valence-corrected chi connectivity index (χ4v) is 2.65. The Bertz CT molecular complexity index is 947. The fourth-order valence-electron chi connectivity index (χ4n) is 2.65. The van der Waals surface area contributed by atoms with E-state index in [4.69, 9.17) is 0 Å². The molecule has 3 aromatic rings. The lowest BCUT2D eigenvalue weighted by atomic mass is 10.2. The van der Waals surface area contributed by atoms with Gasteiger partial charge in [0.2, 0.25) is 0 Å². The van der Waals surface area contributed by atoms with Crippen LogP contribution in [0.3, 0.4) is 0 Å². The molecule has 144 valence electrons. The first-order chi connectivity index (χ1) is 12.7. The number of hydrogen-bond donors (Lipinski definition) is 2. The number of amides is 2. The van der Waals surface area contributed by atoms with Crippen LogP contribution in [0, 0.1) is 12.8 Å². The molecule has 3 heterocycles. The van der Waals surface area contributed by atoms with E-state index >= 15 is 0 Å². The Morgan fingerprint density at radius 3 is 2.89 bits per heavy atom. The Morgan fingerprint density at radius 2 is 2.15 bits per heavy atom. The highest BCUT2D eigenvalue weighted by atomic mass is 19.4. The van der Waals surface area contributed by atoms with Gasteiger partial charge in [0.1, 0.15) is 12.0 Å². The number of carbonyl (C=O) groups excluding carboxylic acids is 1. The molecule has 0 spiro atoms. The number of aryl methyl sites for hydroxylation is 1. The van der Waals surface area contributed by atoms with Crippen molar-refractivity contribution in [2.75, 3.05) is 11.9 Å². The van der Waals surface area contributed by atoms with Gasteiger partial charge in [-0.3, -0.25) is 9.08 Å². The molecule has 0 fully saturated rings. The predicted octanol–water partition coefficient (Wildman–Crippen LogP) is 2.71. The van der Waals surface area contributed by atoms with Gasteiger partial charge in [0.05, 0.1) is 11.4 Å². The first-order valence-corrected chi connectivity index (χ1v) is 8.19. The van der Waals surface area contributed by atoms with Crippen molar-refractivity contribution in [2.24, 2.45) is 5.92 Å². The molecule has 8 nitrogen and oxygen atoms in total. The van der Waals surface area contributed by atoms with Crippen LogP contribution in [-0.2, 0) is 12.7 Å². The summed E-state index contributed by atoms with van der Waals surface area (Å²) < 4.78 is 41.6. The summed E-state index contributed by atoms with van der Waals surface area (Å²) in [4.78, 5) is 12.1. The normalized spacial score (nSPS) is 12.9. The summed E-state index contributed by atoms with van der Waals surface area (Å²) in [5.74, 6) is -0.264. The summed E-state index contributed by atoms with van der Waals surface area (Å²) in [6, 6.07) is 3.93. The van der Waals surface area contributed by atoms with Crippen LogP contribution < -0.4 is 10.6 Å². The van der Waals surface area contributed by atoms with Gasteiger partial charge in [-0.15, -0.1) is 10.2 Å². The fraction of sp³-hybridized carbons (Fsp3) is 0.375. The van der Waals surface area contributed by atoms with E-state index in [-0.39, 0.29) is 19.0 Å². The summed E-state index contributed by atoms with van der Waals surface area (Å²) in [6.45, 7) is 3.45. The number of nitrogens with one attached hydrogen (secondary N) is 2. The van der Waals surface area contributed by atoms with Gasteiger partial charge in [-0.25, -0.2) is 4.79 Å². The van der Waals surface area contributed by atoms with E-state index in [0.29, 0.717) is 17.0 Å². The lowest BCUT2D eigenvalue weighted by molar-refractivity contribution is -0.144. The Balaban J connectivity index is 1.57. The molecule has 27 heavy (non-hydrogen) atoms. The number of anilines is 1. The van der Waals surface area contributed by atoms with Crippen LogP contribution in [0.15, 0.2) is 30.7 Å². The molecule has 3 aromatic heterocycles. The third kappa shape index (κ3) is 4.36. The maximum absolute atomic E-state index is 13.0. The van der Waals surface area contributed by atoms with Crippen molar-refractivity contribution in [3.63, 3.8) is 0 Å². The third-order valence-electron chi connectivity index (χ3n) is 3.86. The smallest absolute Gasteiger partial charge is 0.338 e. The van der Waals surface area contributed by atoms with Crippen LogP contribution in [0.5, 0.6) is 0 Å². The first-order valence-electron chi connectivity index (χ1n) is 8.19. The molecule has 0 radical (unpaired) electrons. The Morgan fingerprint density at radius 1 is 1.37 bits per heavy atom. The highest BCUT2D eigenvalue weighted by Gasteiger charge is 2.35. The summed E-state index contributed by atoms with van der Waals surface area (Å²) >= 11 is 0. The molecule has 2 N–H and O–H groups in total. The number of alkyl halides is 3. The van der Waals surface area contributed by atoms with Crippen LogP contribution in [0.2, 0.25) is 0 Å². The maximum atomic E-state index is 13.0. The number of pyridine rings is 1. The third-order valence-corrected chi connectivity index (χ3v) is 3.86. The van der Waals surface area contributed by atoms with Gasteiger partial charge in [-0.2, -0.15) is 18.3 Å². The lowest BCUT2D eigenvalue weighted by Crippen LogP contribution is -2.34. The molecule has 0 bridgehead atoms. The number of nitrogens with zero attached hydrogens (tertiary/aromatic N) is 5. The number of aromatic nitrogens is 5. The molecule has 0 saturated carbocycles. The second kappa shape index (κ2) is 7.25. The first kappa shape index (κ1) is 18.7. The minimum atomic E-state index is -4.47. The number of halogens is 3. The molecule has 3 rings (SSSR count). The Hall–Kier alpha value is -3.11. The van der Waals surface area contributed by atoms with Crippen LogP contribution in [0.4, 0.5) is 23.7 Å². The topological polar surface area (TPSA) is 89.1 Å². The zero-order valence-corrected chi connectivity index (χ0v) is 14.7. The van der Waals surface area contributed by atoms with Gasteiger partial charge in [-0.05, 0) is 31.0 Å². The molecule has 0 aliphatic heterocycles.